The first-order valence-electron chi connectivity index (χ1n) is 3.54. The van der Waals surface area contributed by atoms with Crippen molar-refractivity contribution >= 4 is 5.97 Å². The van der Waals surface area contributed by atoms with E-state index in [0.717, 1.165) is 12.8 Å². The number of hydrogen-bond acceptors (Lipinski definition) is 2. The maximum Gasteiger partial charge on any atom is 0.311 e. The van der Waals surface area contributed by atoms with Crippen molar-refractivity contribution in [2.45, 2.75) is 26.7 Å². The Morgan fingerprint density at radius 2 is 1.90 bits per heavy atom. The number of rotatable bonds is 3. The van der Waals surface area contributed by atoms with Crippen LogP contribution in [0.4, 0.5) is 0 Å². The average molecular weight is 143 g/mol. The molecule has 0 amide bonds. The molecule has 0 aliphatic carbocycles. The van der Waals surface area contributed by atoms with Gasteiger partial charge < -0.3 is 4.74 Å². The predicted octanol–water partition coefficient (Wildman–Crippen LogP) is 1.80. The molecular weight excluding hydrogens is 128 g/mol. The van der Waals surface area contributed by atoms with E-state index in [9.17, 15) is 4.79 Å². The van der Waals surface area contributed by atoms with E-state index in [4.69, 9.17) is 0 Å². The van der Waals surface area contributed by atoms with Crippen LogP contribution in [0.3, 0.4) is 0 Å². The first-order valence-corrected chi connectivity index (χ1v) is 3.54. The minimum absolute atomic E-state index is 0.211. The fraction of sp³-hybridized carbons (Fsp3) is 0.750. The van der Waals surface area contributed by atoms with Crippen molar-refractivity contribution in [3.8, 4) is 0 Å². The Hall–Kier alpha value is -0.530. The molecule has 0 bridgehead atoms. The zero-order chi connectivity index (χ0) is 8.20. The van der Waals surface area contributed by atoms with Crippen LogP contribution < -0.4 is 0 Å². The predicted molar refractivity (Wildman–Crippen MR) is 40.4 cm³/mol. The van der Waals surface area contributed by atoms with Crippen molar-refractivity contribution in [1.29, 1.82) is 0 Å². The number of ether oxygens (including phenoxy) is 1. The number of carbonyl (C=O) groups excluding carboxylic acids is 1. The Morgan fingerprint density at radius 3 is 2.00 bits per heavy atom. The highest BCUT2D eigenvalue weighted by atomic mass is 16.5. The molecule has 0 aromatic rings. The standard InChI is InChI=1S/C8H15O2/c1-5-8(3,6-2)7(9)10-4/h3,5-6H2,1-2,4H3. The van der Waals surface area contributed by atoms with Gasteiger partial charge in [0.05, 0.1) is 12.5 Å². The summed E-state index contributed by atoms with van der Waals surface area (Å²) < 4.78 is 4.60. The molecule has 1 radical (unpaired) electrons. The Morgan fingerprint density at radius 1 is 1.50 bits per heavy atom. The molecule has 2 nitrogen and oxygen atoms in total. The van der Waals surface area contributed by atoms with Crippen molar-refractivity contribution in [2.24, 2.45) is 5.41 Å². The SMILES string of the molecule is [CH2]C(CC)(CC)C(=O)OC. The molecule has 0 atom stereocenters. The van der Waals surface area contributed by atoms with Gasteiger partial charge in [-0.15, -0.1) is 0 Å². The molecule has 0 spiro atoms. The van der Waals surface area contributed by atoms with Crippen molar-refractivity contribution in [3.63, 3.8) is 0 Å². The molecule has 0 saturated carbocycles. The smallest absolute Gasteiger partial charge is 0.311 e. The minimum atomic E-state index is -0.519. The molecule has 0 rings (SSSR count). The van der Waals surface area contributed by atoms with Crippen LogP contribution in [0.25, 0.3) is 0 Å². The van der Waals surface area contributed by atoms with Gasteiger partial charge in [-0.3, -0.25) is 4.79 Å². The largest absolute Gasteiger partial charge is 0.469 e. The van der Waals surface area contributed by atoms with E-state index in [1.54, 1.807) is 0 Å². The molecule has 0 aliphatic heterocycles. The van der Waals surface area contributed by atoms with Crippen LogP contribution in [0, 0.1) is 12.3 Å². The van der Waals surface area contributed by atoms with Gasteiger partial charge in [0.1, 0.15) is 0 Å². The third-order valence-corrected chi connectivity index (χ3v) is 1.97. The Kier molecular flexibility index (Phi) is 3.40. The summed E-state index contributed by atoms with van der Waals surface area (Å²) in [5.41, 5.74) is -0.519. The molecule has 59 valence electrons. The van der Waals surface area contributed by atoms with Gasteiger partial charge in [-0.25, -0.2) is 0 Å². The number of esters is 1. The average Bonchev–Trinajstić information content (AvgIpc) is 2.01. The molecule has 10 heavy (non-hydrogen) atoms. The highest BCUT2D eigenvalue weighted by Gasteiger charge is 2.29. The van der Waals surface area contributed by atoms with Gasteiger partial charge in [-0.2, -0.15) is 0 Å². The van der Waals surface area contributed by atoms with Crippen LogP contribution in [0.2, 0.25) is 0 Å². The van der Waals surface area contributed by atoms with Crippen molar-refractivity contribution < 1.29 is 9.53 Å². The molecule has 0 aliphatic rings. The zero-order valence-corrected chi connectivity index (χ0v) is 6.94. The Balaban J connectivity index is 4.17. The summed E-state index contributed by atoms with van der Waals surface area (Å²) in [4.78, 5) is 11.0. The van der Waals surface area contributed by atoms with E-state index in [1.807, 2.05) is 13.8 Å². The number of hydrogen-bond donors (Lipinski definition) is 0. The van der Waals surface area contributed by atoms with Gasteiger partial charge in [0.25, 0.3) is 0 Å². The monoisotopic (exact) mass is 143 g/mol. The summed E-state index contributed by atoms with van der Waals surface area (Å²) >= 11 is 0. The lowest BCUT2D eigenvalue weighted by atomic mass is 9.85. The summed E-state index contributed by atoms with van der Waals surface area (Å²) in [5.74, 6) is -0.211. The molecule has 0 aromatic heterocycles. The van der Waals surface area contributed by atoms with E-state index >= 15 is 0 Å². The maximum atomic E-state index is 11.0. The van der Waals surface area contributed by atoms with Crippen LogP contribution in [-0.2, 0) is 9.53 Å². The summed E-state index contributed by atoms with van der Waals surface area (Å²) in [6.07, 6.45) is 1.46. The van der Waals surface area contributed by atoms with Gasteiger partial charge >= 0.3 is 5.97 Å². The van der Waals surface area contributed by atoms with E-state index in [2.05, 4.69) is 11.7 Å². The van der Waals surface area contributed by atoms with Gasteiger partial charge in [0.15, 0.2) is 0 Å². The van der Waals surface area contributed by atoms with Crippen molar-refractivity contribution in [3.05, 3.63) is 6.92 Å². The summed E-state index contributed by atoms with van der Waals surface area (Å²) in [5, 5.41) is 0. The summed E-state index contributed by atoms with van der Waals surface area (Å²) in [6.45, 7) is 7.68. The van der Waals surface area contributed by atoms with Gasteiger partial charge in [-0.05, 0) is 19.8 Å². The lowest BCUT2D eigenvalue weighted by molar-refractivity contribution is -0.150. The maximum absolute atomic E-state index is 11.0. The van der Waals surface area contributed by atoms with E-state index < -0.39 is 5.41 Å². The van der Waals surface area contributed by atoms with E-state index in [0.29, 0.717) is 0 Å². The normalized spacial score (nSPS) is 11.2. The first-order chi connectivity index (χ1) is 4.60. The molecule has 0 aromatic carbocycles. The Bertz CT molecular complexity index is 114. The second kappa shape index (κ2) is 3.59. The fourth-order valence-corrected chi connectivity index (χ4v) is 0.755. The lowest BCUT2D eigenvalue weighted by Gasteiger charge is -2.22. The number of carbonyl (C=O) groups is 1. The second-order valence-corrected chi connectivity index (χ2v) is 2.48. The fourth-order valence-electron chi connectivity index (χ4n) is 0.755. The van der Waals surface area contributed by atoms with Crippen LogP contribution in [0.1, 0.15) is 26.7 Å². The van der Waals surface area contributed by atoms with Gasteiger partial charge in [-0.1, -0.05) is 13.8 Å². The lowest BCUT2D eigenvalue weighted by Crippen LogP contribution is -2.27. The zero-order valence-electron chi connectivity index (χ0n) is 6.94. The highest BCUT2D eigenvalue weighted by molar-refractivity contribution is 5.77. The van der Waals surface area contributed by atoms with Crippen molar-refractivity contribution in [2.75, 3.05) is 7.11 Å². The topological polar surface area (TPSA) is 26.3 Å². The summed E-state index contributed by atoms with van der Waals surface area (Å²) in [7, 11) is 1.40. The van der Waals surface area contributed by atoms with Crippen LogP contribution in [0.15, 0.2) is 0 Å². The molecule has 0 saturated heterocycles. The Labute approximate surface area is 62.6 Å². The van der Waals surface area contributed by atoms with Crippen LogP contribution in [-0.4, -0.2) is 13.1 Å². The van der Waals surface area contributed by atoms with Crippen molar-refractivity contribution in [1.82, 2.24) is 0 Å². The molecular formula is C8H15O2. The molecule has 2 heteroatoms. The minimum Gasteiger partial charge on any atom is -0.469 e. The molecule has 0 N–H and O–H groups in total. The number of methoxy groups -OCH3 is 1. The summed E-state index contributed by atoms with van der Waals surface area (Å²) in [6, 6.07) is 0. The van der Waals surface area contributed by atoms with E-state index in [-0.39, 0.29) is 5.97 Å². The van der Waals surface area contributed by atoms with Gasteiger partial charge in [0, 0.05) is 0 Å². The molecule has 0 unspecified atom stereocenters. The highest BCUT2D eigenvalue weighted by Crippen LogP contribution is 2.25. The quantitative estimate of drug-likeness (QED) is 0.563. The molecule has 0 fully saturated rings. The first kappa shape index (κ1) is 9.47. The van der Waals surface area contributed by atoms with Gasteiger partial charge in [0.2, 0.25) is 0 Å². The molecule has 0 heterocycles. The third-order valence-electron chi connectivity index (χ3n) is 1.97. The van der Waals surface area contributed by atoms with E-state index in [1.165, 1.54) is 7.11 Å². The third kappa shape index (κ3) is 1.72. The second-order valence-electron chi connectivity index (χ2n) is 2.48. The van der Waals surface area contributed by atoms with Crippen LogP contribution >= 0.6 is 0 Å². The van der Waals surface area contributed by atoms with Crippen LogP contribution in [0.5, 0.6) is 0 Å².